The Balaban J connectivity index is 0.000000564. The van der Waals surface area contributed by atoms with E-state index in [1.165, 1.54) is 43.1 Å². The number of nitrogens with zero attached hydrogens (tertiary/aromatic N) is 2. The van der Waals surface area contributed by atoms with Crippen molar-refractivity contribution in [2.24, 2.45) is 23.3 Å². The van der Waals surface area contributed by atoms with Crippen LogP contribution in [0, 0.1) is 17.7 Å². The van der Waals surface area contributed by atoms with Gasteiger partial charge in [0.05, 0.1) is 19.1 Å². The summed E-state index contributed by atoms with van der Waals surface area (Å²) in [6.45, 7) is 10.7. The third-order valence-corrected chi connectivity index (χ3v) is 6.72. The van der Waals surface area contributed by atoms with E-state index in [-0.39, 0.29) is 30.7 Å². The quantitative estimate of drug-likeness (QED) is 0.168. The monoisotopic (exact) mass is 594 g/mol. The van der Waals surface area contributed by atoms with Gasteiger partial charge in [-0.2, -0.15) is 0 Å². The SMILES string of the molecule is CC1CCCN1C=O.CCCCC/C=C\C1C[C@@H]1C(=O)OCC.CCN.NC=O.O=C(O)N1Cc2cccc(F)c2C1. The van der Waals surface area contributed by atoms with E-state index >= 15 is 0 Å². The molecule has 1 aliphatic carbocycles. The van der Waals surface area contributed by atoms with Crippen LogP contribution >= 0.6 is 0 Å². The Morgan fingerprint density at radius 3 is 2.31 bits per heavy atom. The van der Waals surface area contributed by atoms with E-state index in [4.69, 9.17) is 20.4 Å². The van der Waals surface area contributed by atoms with E-state index in [1.807, 2.05) is 18.7 Å². The lowest BCUT2D eigenvalue weighted by Crippen LogP contribution is -2.24. The number of primary amides is 1. The number of rotatable bonds is 8. The Hall–Kier alpha value is -3.47. The molecule has 3 aliphatic rings. The van der Waals surface area contributed by atoms with Gasteiger partial charge in [-0.05, 0) is 70.0 Å². The number of allylic oxidation sites excluding steroid dienone is 2. The summed E-state index contributed by atoms with van der Waals surface area (Å²) in [5, 5.41) is 8.68. The number of benzene rings is 1. The molecular formula is C31H51FN4O6. The van der Waals surface area contributed by atoms with Crippen LogP contribution in [0.25, 0.3) is 0 Å². The van der Waals surface area contributed by atoms with Crippen molar-refractivity contribution in [2.45, 2.75) is 91.8 Å². The first-order chi connectivity index (χ1) is 20.1. The number of carbonyl (C=O) groups excluding carboxylic acids is 3. The van der Waals surface area contributed by atoms with E-state index in [0.29, 0.717) is 30.7 Å². The van der Waals surface area contributed by atoms with Crippen LogP contribution < -0.4 is 11.5 Å². The molecule has 1 aromatic carbocycles. The molecule has 3 atom stereocenters. The maximum Gasteiger partial charge on any atom is 0.407 e. The minimum atomic E-state index is -1.00. The topological polar surface area (TPSA) is 156 Å². The van der Waals surface area contributed by atoms with Gasteiger partial charge in [-0.3, -0.25) is 19.3 Å². The summed E-state index contributed by atoms with van der Waals surface area (Å²) in [6.07, 6.45) is 12.9. The molecule has 0 spiro atoms. The van der Waals surface area contributed by atoms with Crippen LogP contribution in [0.15, 0.2) is 30.4 Å². The maximum absolute atomic E-state index is 13.1. The number of carbonyl (C=O) groups is 4. The number of unbranched alkanes of at least 4 members (excludes halogenated alkanes) is 3. The normalized spacial score (nSPS) is 19.3. The average Bonchev–Trinajstić information content (AvgIpc) is 3.38. The van der Waals surface area contributed by atoms with Crippen LogP contribution in [-0.2, 0) is 32.2 Å². The smallest absolute Gasteiger partial charge is 0.407 e. The number of esters is 1. The lowest BCUT2D eigenvalue weighted by Gasteiger charge is -2.13. The number of halogens is 1. The highest BCUT2D eigenvalue weighted by atomic mass is 19.1. The van der Waals surface area contributed by atoms with Gasteiger partial charge < -0.3 is 26.2 Å². The van der Waals surface area contributed by atoms with E-state index in [1.54, 1.807) is 12.1 Å². The van der Waals surface area contributed by atoms with Crippen molar-refractivity contribution in [3.8, 4) is 0 Å². The summed E-state index contributed by atoms with van der Waals surface area (Å²) in [5.74, 6) is 0.292. The molecule has 11 heteroatoms. The van der Waals surface area contributed by atoms with Crippen molar-refractivity contribution in [1.29, 1.82) is 0 Å². The molecule has 1 aromatic rings. The van der Waals surface area contributed by atoms with Crippen molar-refractivity contribution in [2.75, 3.05) is 19.7 Å². The summed E-state index contributed by atoms with van der Waals surface area (Å²) >= 11 is 0. The average molecular weight is 595 g/mol. The second-order valence-corrected chi connectivity index (χ2v) is 10.1. The van der Waals surface area contributed by atoms with Gasteiger partial charge in [0, 0.05) is 24.7 Å². The highest BCUT2D eigenvalue weighted by Crippen LogP contribution is 2.40. The molecule has 0 bridgehead atoms. The van der Waals surface area contributed by atoms with Crippen LogP contribution in [0.3, 0.4) is 0 Å². The Morgan fingerprint density at radius 1 is 1.17 bits per heavy atom. The minimum Gasteiger partial charge on any atom is -0.466 e. The standard InChI is InChI=1S/C13H22O2.C9H8FNO2.C6H11NO.C2H7N.CH3NO/c1-3-5-6-7-8-9-11-10-12(11)13(14)15-4-2;10-8-3-1-2-6-4-11(9(12)13)5-7(6)8;1-6-3-2-4-7(6)5-8;1-2-3;2-1-3/h8-9,11-12H,3-7,10H2,1-2H3;1-3H,4-5H2,(H,12,13);5-6H,2-4H2,1H3;2-3H2,1H3;1H,(H2,2,3)/b9-8-;;;;/t11?,12-;;;;/m0..../s1. The predicted octanol–water partition coefficient (Wildman–Crippen LogP) is 4.84. The largest absolute Gasteiger partial charge is 0.466 e. The first-order valence-electron chi connectivity index (χ1n) is 14.8. The second kappa shape index (κ2) is 23.1. The Morgan fingerprint density at radius 2 is 1.83 bits per heavy atom. The number of likely N-dealkylation sites (tertiary alicyclic amines) is 1. The van der Waals surface area contributed by atoms with Crippen molar-refractivity contribution >= 4 is 24.9 Å². The van der Waals surface area contributed by atoms with Crippen LogP contribution in [0.1, 0.15) is 83.8 Å². The molecule has 1 saturated carbocycles. The summed E-state index contributed by atoms with van der Waals surface area (Å²) in [6, 6.07) is 5.19. The lowest BCUT2D eigenvalue weighted by molar-refractivity contribution is -0.144. The third-order valence-electron chi connectivity index (χ3n) is 6.72. The Bertz CT molecular complexity index is 961. The zero-order valence-corrected chi connectivity index (χ0v) is 25.7. The number of hydrogen-bond acceptors (Lipinski definition) is 6. The van der Waals surface area contributed by atoms with Gasteiger partial charge in [-0.15, -0.1) is 0 Å². The molecular weight excluding hydrogens is 543 g/mol. The first kappa shape index (κ1) is 38.5. The van der Waals surface area contributed by atoms with Crippen LogP contribution in [-0.4, -0.2) is 65.5 Å². The first-order valence-corrected chi connectivity index (χ1v) is 14.8. The summed E-state index contributed by atoms with van der Waals surface area (Å²) in [7, 11) is 0. The highest BCUT2D eigenvalue weighted by Gasteiger charge is 2.42. The number of amides is 3. The molecule has 0 aromatic heterocycles. The van der Waals surface area contributed by atoms with Crippen LogP contribution in [0.2, 0.25) is 0 Å². The van der Waals surface area contributed by atoms with Gasteiger partial charge >= 0.3 is 12.1 Å². The molecule has 1 saturated heterocycles. The number of nitrogens with two attached hydrogens (primary N) is 2. The fourth-order valence-corrected chi connectivity index (χ4v) is 4.36. The molecule has 2 unspecified atom stereocenters. The minimum absolute atomic E-state index is 0.0132. The van der Waals surface area contributed by atoms with Gasteiger partial charge in [-0.25, -0.2) is 9.18 Å². The van der Waals surface area contributed by atoms with Crippen molar-refractivity contribution < 1.29 is 33.4 Å². The molecule has 42 heavy (non-hydrogen) atoms. The summed E-state index contributed by atoms with van der Waals surface area (Å²) in [5.41, 5.74) is 10.3. The fraction of sp³-hybridized carbons (Fsp3) is 0.613. The fourth-order valence-electron chi connectivity index (χ4n) is 4.36. The molecule has 3 amide bonds. The summed E-state index contributed by atoms with van der Waals surface area (Å²) in [4.78, 5) is 43.6. The lowest BCUT2D eigenvalue weighted by atomic mass is 10.1. The number of carboxylic acid groups (broad SMARTS) is 1. The zero-order valence-electron chi connectivity index (χ0n) is 25.7. The van der Waals surface area contributed by atoms with Crippen molar-refractivity contribution in [3.05, 3.63) is 47.3 Å². The maximum atomic E-state index is 13.1. The van der Waals surface area contributed by atoms with E-state index in [0.717, 1.165) is 37.9 Å². The molecule has 0 radical (unpaired) electrons. The molecule has 10 nitrogen and oxygen atoms in total. The van der Waals surface area contributed by atoms with Crippen LogP contribution in [0.4, 0.5) is 9.18 Å². The molecule has 4 rings (SSSR count). The Kier molecular flexibility index (Phi) is 21.2. The van der Waals surface area contributed by atoms with E-state index < -0.39 is 6.09 Å². The third kappa shape index (κ3) is 15.5. The molecule has 2 aliphatic heterocycles. The van der Waals surface area contributed by atoms with Gasteiger partial charge in [0.15, 0.2) is 0 Å². The predicted molar refractivity (Wildman–Crippen MR) is 162 cm³/mol. The van der Waals surface area contributed by atoms with Crippen LogP contribution in [0.5, 0.6) is 0 Å². The van der Waals surface area contributed by atoms with Gasteiger partial charge in [-0.1, -0.05) is 51.0 Å². The van der Waals surface area contributed by atoms with E-state index in [9.17, 15) is 18.8 Å². The molecule has 5 N–H and O–H groups in total. The molecule has 2 heterocycles. The van der Waals surface area contributed by atoms with Crippen molar-refractivity contribution in [1.82, 2.24) is 9.80 Å². The van der Waals surface area contributed by atoms with Gasteiger partial charge in [0.25, 0.3) is 0 Å². The van der Waals surface area contributed by atoms with Gasteiger partial charge in [0.1, 0.15) is 5.82 Å². The summed E-state index contributed by atoms with van der Waals surface area (Å²) < 4.78 is 18.1. The zero-order chi connectivity index (χ0) is 31.9. The number of fused-ring (bicyclic) bond motifs is 1. The molecule has 238 valence electrons. The second-order valence-electron chi connectivity index (χ2n) is 10.1. The number of ether oxygens (including phenoxy) is 1. The number of hydrogen-bond donors (Lipinski definition) is 3. The molecule has 2 fully saturated rings. The highest BCUT2D eigenvalue weighted by molar-refractivity contribution is 5.76. The van der Waals surface area contributed by atoms with E-state index in [2.05, 4.69) is 31.7 Å². The Labute approximate surface area is 250 Å². The van der Waals surface area contributed by atoms with Crippen molar-refractivity contribution in [3.63, 3.8) is 0 Å². The van der Waals surface area contributed by atoms with Gasteiger partial charge in [0.2, 0.25) is 12.8 Å².